The van der Waals surface area contributed by atoms with Crippen molar-refractivity contribution < 1.29 is 19.1 Å². The summed E-state index contributed by atoms with van der Waals surface area (Å²) in [5.74, 6) is -0.193. The summed E-state index contributed by atoms with van der Waals surface area (Å²) in [4.78, 5) is 13.1. The number of hydrogen-bond donors (Lipinski definition) is 2. The van der Waals surface area contributed by atoms with E-state index in [4.69, 9.17) is 15.7 Å². The number of carbonyl (C=O) groups excluding carboxylic acids is 1. The average molecular weight is 281 g/mol. The van der Waals surface area contributed by atoms with Crippen LogP contribution in [0.15, 0.2) is 35.5 Å². The molecule has 7 heteroatoms. The zero-order valence-corrected chi connectivity index (χ0v) is 10.8. The smallest absolute Gasteiger partial charge is 0.410 e. The van der Waals surface area contributed by atoms with Gasteiger partial charge in [-0.3, -0.25) is 4.90 Å². The first-order valence-electron chi connectivity index (χ1n) is 6.20. The van der Waals surface area contributed by atoms with Gasteiger partial charge in [0.25, 0.3) is 0 Å². The highest BCUT2D eigenvalue weighted by molar-refractivity contribution is 5.89. The van der Waals surface area contributed by atoms with E-state index in [2.05, 4.69) is 5.16 Å². The number of carbonyl (C=O) groups is 1. The molecule has 1 aromatic rings. The average Bonchev–Trinajstić information content (AvgIpc) is 2.87. The number of nitrogens with zero attached hydrogens (tertiary/aromatic N) is 2. The zero-order chi connectivity index (χ0) is 14.5. The molecule has 1 aliphatic rings. The zero-order valence-electron chi connectivity index (χ0n) is 10.8. The molecule has 0 bridgehead atoms. The normalized spacial score (nSPS) is 22.9. The number of benzene rings is 1. The number of alkyl halides is 1. The van der Waals surface area contributed by atoms with Crippen LogP contribution in [0.3, 0.4) is 0 Å². The van der Waals surface area contributed by atoms with Crippen molar-refractivity contribution in [1.82, 2.24) is 4.90 Å². The minimum absolute atomic E-state index is 0.0102. The van der Waals surface area contributed by atoms with Gasteiger partial charge in [-0.1, -0.05) is 35.5 Å². The quantitative estimate of drug-likeness (QED) is 0.380. The molecular formula is C13H16FN3O3. The van der Waals surface area contributed by atoms with Gasteiger partial charge in [0.2, 0.25) is 0 Å². The van der Waals surface area contributed by atoms with E-state index in [1.807, 2.05) is 30.3 Å². The van der Waals surface area contributed by atoms with E-state index in [1.54, 1.807) is 0 Å². The van der Waals surface area contributed by atoms with Crippen molar-refractivity contribution >= 4 is 11.9 Å². The number of halogens is 1. The van der Waals surface area contributed by atoms with Crippen molar-refractivity contribution in [2.45, 2.75) is 25.2 Å². The van der Waals surface area contributed by atoms with E-state index in [9.17, 15) is 9.18 Å². The Kier molecular flexibility index (Phi) is 4.39. The molecule has 2 atom stereocenters. The van der Waals surface area contributed by atoms with Crippen molar-refractivity contribution in [3.05, 3.63) is 35.9 Å². The highest BCUT2D eigenvalue weighted by atomic mass is 19.1. The van der Waals surface area contributed by atoms with Crippen LogP contribution in [-0.2, 0) is 11.3 Å². The highest BCUT2D eigenvalue weighted by Gasteiger charge is 2.38. The monoisotopic (exact) mass is 281 g/mol. The van der Waals surface area contributed by atoms with Gasteiger partial charge < -0.3 is 15.7 Å². The van der Waals surface area contributed by atoms with Gasteiger partial charge in [-0.25, -0.2) is 9.18 Å². The van der Waals surface area contributed by atoms with Gasteiger partial charge in [-0.05, 0) is 5.56 Å². The van der Waals surface area contributed by atoms with Gasteiger partial charge in [0, 0.05) is 6.42 Å². The summed E-state index contributed by atoms with van der Waals surface area (Å²) in [6.45, 7) is -0.0233. The number of hydrogen-bond acceptors (Lipinski definition) is 4. The summed E-state index contributed by atoms with van der Waals surface area (Å²) >= 11 is 0. The first kappa shape index (κ1) is 14.1. The van der Waals surface area contributed by atoms with Crippen LogP contribution in [0, 0.1) is 0 Å². The topological polar surface area (TPSA) is 88.2 Å². The minimum atomic E-state index is -1.20. The third-order valence-electron chi connectivity index (χ3n) is 3.15. The summed E-state index contributed by atoms with van der Waals surface area (Å²) in [6, 6.07) is 8.38. The Labute approximate surface area is 115 Å². The van der Waals surface area contributed by atoms with Crippen LogP contribution in [0.25, 0.3) is 0 Å². The maximum Gasteiger partial charge on any atom is 0.410 e. The summed E-state index contributed by atoms with van der Waals surface area (Å²) in [7, 11) is 0. The highest BCUT2D eigenvalue weighted by Crippen LogP contribution is 2.21. The maximum absolute atomic E-state index is 13.4. The Morgan fingerprint density at radius 1 is 1.50 bits per heavy atom. The second-order valence-corrected chi connectivity index (χ2v) is 4.57. The maximum atomic E-state index is 13.4. The molecule has 1 amide bonds. The number of likely N-dealkylation sites (tertiary alicyclic amines) is 1. The molecule has 20 heavy (non-hydrogen) atoms. The Hall–Kier alpha value is -2.31. The first-order valence-corrected chi connectivity index (χ1v) is 6.20. The van der Waals surface area contributed by atoms with E-state index >= 15 is 0 Å². The van der Waals surface area contributed by atoms with Gasteiger partial charge in [-0.15, -0.1) is 0 Å². The van der Waals surface area contributed by atoms with Crippen molar-refractivity contribution in [2.75, 3.05) is 6.54 Å². The molecule has 0 radical (unpaired) electrons. The molecule has 2 rings (SSSR count). The van der Waals surface area contributed by atoms with E-state index in [1.165, 1.54) is 0 Å². The number of amides is 1. The van der Waals surface area contributed by atoms with Gasteiger partial charge in [0.05, 0.1) is 12.6 Å². The molecule has 6 nitrogen and oxygen atoms in total. The molecule has 0 spiro atoms. The molecule has 0 saturated carbocycles. The summed E-state index contributed by atoms with van der Waals surface area (Å²) in [6.07, 6.45) is -1.87. The van der Waals surface area contributed by atoms with Crippen molar-refractivity contribution in [2.24, 2.45) is 10.9 Å². The lowest BCUT2D eigenvalue weighted by Gasteiger charge is -2.22. The molecule has 3 N–H and O–H groups in total. The first-order chi connectivity index (χ1) is 9.61. The van der Waals surface area contributed by atoms with Crippen LogP contribution in [0.5, 0.6) is 0 Å². The Balaban J connectivity index is 1.97. The van der Waals surface area contributed by atoms with Gasteiger partial charge in [-0.2, -0.15) is 0 Å². The SMILES string of the molecule is N/C(=N\O)[C@@H]1C[C@@H](F)CN1C(=O)OCc1ccccc1. The number of rotatable bonds is 3. The third-order valence-corrected chi connectivity index (χ3v) is 3.15. The van der Waals surface area contributed by atoms with E-state index < -0.39 is 18.3 Å². The molecule has 0 aromatic heterocycles. The van der Waals surface area contributed by atoms with Gasteiger partial charge >= 0.3 is 6.09 Å². The fraction of sp³-hybridized carbons (Fsp3) is 0.385. The number of oxime groups is 1. The van der Waals surface area contributed by atoms with Crippen LogP contribution < -0.4 is 5.73 Å². The molecule has 1 heterocycles. The molecule has 0 aliphatic carbocycles. The lowest BCUT2D eigenvalue weighted by atomic mass is 10.2. The summed E-state index contributed by atoms with van der Waals surface area (Å²) < 4.78 is 18.5. The molecule has 108 valence electrons. The van der Waals surface area contributed by atoms with Gasteiger partial charge in [0.1, 0.15) is 12.8 Å². The van der Waals surface area contributed by atoms with Crippen LogP contribution >= 0.6 is 0 Å². The molecule has 1 saturated heterocycles. The van der Waals surface area contributed by atoms with E-state index in [-0.39, 0.29) is 25.4 Å². The number of ether oxygens (including phenoxy) is 1. The molecular weight excluding hydrogens is 265 g/mol. The molecule has 0 unspecified atom stereocenters. The molecule has 1 aromatic carbocycles. The van der Waals surface area contributed by atoms with E-state index in [0.29, 0.717) is 0 Å². The fourth-order valence-corrected chi connectivity index (χ4v) is 2.14. The third kappa shape index (κ3) is 3.17. The van der Waals surface area contributed by atoms with Crippen molar-refractivity contribution in [3.63, 3.8) is 0 Å². The predicted octanol–water partition coefficient (Wildman–Crippen LogP) is 1.48. The summed E-state index contributed by atoms with van der Waals surface area (Å²) in [5.41, 5.74) is 6.29. The lowest BCUT2D eigenvalue weighted by molar-refractivity contribution is 0.0969. The lowest BCUT2D eigenvalue weighted by Crippen LogP contribution is -2.44. The number of amidine groups is 1. The summed E-state index contributed by atoms with van der Waals surface area (Å²) in [5, 5.41) is 11.5. The van der Waals surface area contributed by atoms with Crippen LogP contribution in [-0.4, -0.2) is 40.8 Å². The second-order valence-electron chi connectivity index (χ2n) is 4.57. The standard InChI is InChI=1S/C13H16FN3O3/c14-10-6-11(12(15)16-19)17(7-10)13(18)20-8-9-4-2-1-3-5-9/h1-5,10-11,19H,6-8H2,(H2,15,16)/t10-,11+/m1/s1. The molecule has 1 aliphatic heterocycles. The van der Waals surface area contributed by atoms with Crippen molar-refractivity contribution in [3.8, 4) is 0 Å². The van der Waals surface area contributed by atoms with Crippen LogP contribution in [0.2, 0.25) is 0 Å². The van der Waals surface area contributed by atoms with Crippen molar-refractivity contribution in [1.29, 1.82) is 0 Å². The minimum Gasteiger partial charge on any atom is -0.445 e. The Bertz CT molecular complexity index is 495. The van der Waals surface area contributed by atoms with Crippen LogP contribution in [0.1, 0.15) is 12.0 Å². The molecule has 1 fully saturated rings. The van der Waals surface area contributed by atoms with E-state index in [0.717, 1.165) is 10.5 Å². The number of nitrogens with two attached hydrogens (primary N) is 1. The van der Waals surface area contributed by atoms with Crippen LogP contribution in [0.4, 0.5) is 9.18 Å². The Morgan fingerprint density at radius 2 is 2.20 bits per heavy atom. The second kappa shape index (κ2) is 6.23. The predicted molar refractivity (Wildman–Crippen MR) is 70.0 cm³/mol. The van der Waals surface area contributed by atoms with Gasteiger partial charge in [0.15, 0.2) is 5.84 Å². The fourth-order valence-electron chi connectivity index (χ4n) is 2.14. The largest absolute Gasteiger partial charge is 0.445 e. The Morgan fingerprint density at radius 3 is 2.85 bits per heavy atom.